The zero-order chi connectivity index (χ0) is 19.0. The monoisotopic (exact) mass is 363 g/mol. The van der Waals surface area contributed by atoms with Crippen molar-refractivity contribution in [3.63, 3.8) is 0 Å². The summed E-state index contributed by atoms with van der Waals surface area (Å²) in [5, 5.41) is 2.96. The summed E-state index contributed by atoms with van der Waals surface area (Å²) >= 11 is 0. The average Bonchev–Trinajstić information content (AvgIpc) is 2.65. The van der Waals surface area contributed by atoms with E-state index in [2.05, 4.69) is 5.32 Å². The Morgan fingerprint density at radius 1 is 1.19 bits per heavy atom. The summed E-state index contributed by atoms with van der Waals surface area (Å²) < 4.78 is 10.6. The predicted octanol–water partition coefficient (Wildman–Crippen LogP) is 1.47. The molecule has 1 aliphatic rings. The molecule has 1 aromatic carbocycles. The van der Waals surface area contributed by atoms with E-state index in [9.17, 15) is 9.59 Å². The van der Waals surface area contributed by atoms with Crippen LogP contribution in [0.2, 0.25) is 0 Å². The van der Waals surface area contributed by atoms with Gasteiger partial charge in [-0.2, -0.15) is 0 Å². The molecule has 2 amide bonds. The number of nitrogens with two attached hydrogens (primary N) is 2. The molecule has 0 unspecified atom stereocenters. The zero-order valence-corrected chi connectivity index (χ0v) is 15.4. The third kappa shape index (κ3) is 5.62. The van der Waals surface area contributed by atoms with Gasteiger partial charge in [0.1, 0.15) is 0 Å². The Bertz CT molecular complexity index is 627. The van der Waals surface area contributed by atoms with Crippen LogP contribution in [-0.4, -0.2) is 32.1 Å². The summed E-state index contributed by atoms with van der Waals surface area (Å²) in [4.78, 5) is 23.2. The zero-order valence-electron chi connectivity index (χ0n) is 15.4. The predicted molar refractivity (Wildman–Crippen MR) is 98.7 cm³/mol. The number of primary amides is 1. The summed E-state index contributed by atoms with van der Waals surface area (Å²) in [6.07, 6.45) is 6.05. The molecule has 1 saturated carbocycles. The highest BCUT2D eigenvalue weighted by molar-refractivity contribution is 5.77. The quantitative estimate of drug-likeness (QED) is 0.614. The lowest BCUT2D eigenvalue weighted by Crippen LogP contribution is -2.38. The van der Waals surface area contributed by atoms with E-state index in [1.807, 2.05) is 6.07 Å². The standard InChI is InChI=1S/C19H29N3O4/c1-25-16-9-14(5-6-15(16)26-12-17(21)23)11-22-18(24)10-19(13-20)7-3-2-4-8-19/h5-6,9H,2-4,7-8,10-13,20H2,1H3,(H2,21,23)(H,22,24). The highest BCUT2D eigenvalue weighted by atomic mass is 16.5. The molecule has 0 atom stereocenters. The van der Waals surface area contributed by atoms with Crippen LogP contribution in [0.5, 0.6) is 11.5 Å². The molecule has 0 spiro atoms. The van der Waals surface area contributed by atoms with Crippen molar-refractivity contribution in [2.75, 3.05) is 20.3 Å². The Morgan fingerprint density at radius 3 is 2.54 bits per heavy atom. The van der Waals surface area contributed by atoms with E-state index in [-0.39, 0.29) is 17.9 Å². The first-order chi connectivity index (χ1) is 12.5. The van der Waals surface area contributed by atoms with Gasteiger partial charge in [0.2, 0.25) is 5.91 Å². The Hall–Kier alpha value is -2.28. The van der Waals surface area contributed by atoms with Gasteiger partial charge in [-0.25, -0.2) is 0 Å². The van der Waals surface area contributed by atoms with Gasteiger partial charge in [0, 0.05) is 13.0 Å². The minimum absolute atomic E-state index is 0.0189. The molecule has 1 aromatic rings. The highest BCUT2D eigenvalue weighted by Crippen LogP contribution is 2.38. The maximum Gasteiger partial charge on any atom is 0.255 e. The van der Waals surface area contributed by atoms with Crippen LogP contribution < -0.4 is 26.3 Å². The molecule has 5 N–H and O–H groups in total. The van der Waals surface area contributed by atoms with E-state index in [0.29, 0.717) is 31.0 Å². The molecule has 0 radical (unpaired) electrons. The first kappa shape index (κ1) is 20.0. The van der Waals surface area contributed by atoms with E-state index in [4.69, 9.17) is 20.9 Å². The molecular weight excluding hydrogens is 334 g/mol. The van der Waals surface area contributed by atoms with Crippen molar-refractivity contribution in [3.8, 4) is 11.5 Å². The number of ether oxygens (including phenoxy) is 2. The first-order valence-electron chi connectivity index (χ1n) is 9.03. The molecule has 0 aliphatic heterocycles. The second kappa shape index (κ2) is 9.43. The van der Waals surface area contributed by atoms with Crippen LogP contribution in [-0.2, 0) is 16.1 Å². The largest absolute Gasteiger partial charge is 0.493 e. The molecule has 26 heavy (non-hydrogen) atoms. The first-order valence-corrected chi connectivity index (χ1v) is 9.03. The van der Waals surface area contributed by atoms with Crippen LogP contribution in [0.4, 0.5) is 0 Å². The number of carbonyl (C=O) groups excluding carboxylic acids is 2. The number of rotatable bonds is 9. The average molecular weight is 363 g/mol. The van der Waals surface area contributed by atoms with Crippen LogP contribution in [0, 0.1) is 5.41 Å². The molecule has 7 nitrogen and oxygen atoms in total. The molecule has 7 heteroatoms. The number of hydrogen-bond acceptors (Lipinski definition) is 5. The van der Waals surface area contributed by atoms with Crippen LogP contribution in [0.1, 0.15) is 44.1 Å². The molecular formula is C19H29N3O4. The van der Waals surface area contributed by atoms with Crippen molar-refractivity contribution >= 4 is 11.8 Å². The maximum atomic E-state index is 12.4. The van der Waals surface area contributed by atoms with Crippen molar-refractivity contribution in [2.45, 2.75) is 45.1 Å². The Balaban J connectivity index is 1.91. The van der Waals surface area contributed by atoms with Crippen molar-refractivity contribution in [2.24, 2.45) is 16.9 Å². The van der Waals surface area contributed by atoms with Gasteiger partial charge in [-0.15, -0.1) is 0 Å². The van der Waals surface area contributed by atoms with Crippen molar-refractivity contribution in [3.05, 3.63) is 23.8 Å². The molecule has 0 saturated heterocycles. The second-order valence-electron chi connectivity index (χ2n) is 6.96. The smallest absolute Gasteiger partial charge is 0.255 e. The molecule has 0 heterocycles. The van der Waals surface area contributed by atoms with E-state index in [0.717, 1.165) is 31.2 Å². The van der Waals surface area contributed by atoms with E-state index in [1.54, 1.807) is 12.1 Å². The Morgan fingerprint density at radius 2 is 1.92 bits per heavy atom. The van der Waals surface area contributed by atoms with Gasteiger partial charge < -0.3 is 26.3 Å². The number of amides is 2. The number of methoxy groups -OCH3 is 1. The summed E-state index contributed by atoms with van der Waals surface area (Å²) in [6.45, 7) is 0.736. The number of benzene rings is 1. The third-order valence-electron chi connectivity index (χ3n) is 4.97. The van der Waals surface area contributed by atoms with Gasteiger partial charge in [0.25, 0.3) is 5.91 Å². The summed E-state index contributed by atoms with van der Waals surface area (Å²) in [6, 6.07) is 5.29. The highest BCUT2D eigenvalue weighted by Gasteiger charge is 2.32. The molecule has 1 fully saturated rings. The van der Waals surface area contributed by atoms with Crippen LogP contribution in [0.3, 0.4) is 0 Å². The lowest BCUT2D eigenvalue weighted by atomic mass is 9.71. The fourth-order valence-electron chi connectivity index (χ4n) is 3.45. The van der Waals surface area contributed by atoms with Gasteiger partial charge in [-0.05, 0) is 42.5 Å². The minimum atomic E-state index is -0.556. The molecule has 1 aliphatic carbocycles. The normalized spacial score (nSPS) is 15.9. The summed E-state index contributed by atoms with van der Waals surface area (Å²) in [5.74, 6) is 0.389. The van der Waals surface area contributed by atoms with Gasteiger partial charge in [-0.1, -0.05) is 25.3 Å². The lowest BCUT2D eigenvalue weighted by Gasteiger charge is -2.35. The Labute approximate surface area is 154 Å². The van der Waals surface area contributed by atoms with E-state index >= 15 is 0 Å². The molecule has 0 bridgehead atoms. The number of nitrogens with one attached hydrogen (secondary N) is 1. The molecule has 0 aromatic heterocycles. The van der Waals surface area contributed by atoms with Gasteiger partial charge in [0.15, 0.2) is 18.1 Å². The SMILES string of the molecule is COc1cc(CNC(=O)CC2(CN)CCCCC2)ccc1OCC(N)=O. The van der Waals surface area contributed by atoms with Gasteiger partial charge in [-0.3, -0.25) is 9.59 Å². The van der Waals surface area contributed by atoms with Crippen LogP contribution in [0.15, 0.2) is 18.2 Å². The number of hydrogen-bond donors (Lipinski definition) is 3. The topological polar surface area (TPSA) is 117 Å². The third-order valence-corrected chi connectivity index (χ3v) is 4.97. The fourth-order valence-corrected chi connectivity index (χ4v) is 3.45. The minimum Gasteiger partial charge on any atom is -0.493 e. The van der Waals surface area contributed by atoms with Crippen molar-refractivity contribution in [1.29, 1.82) is 0 Å². The van der Waals surface area contributed by atoms with E-state index < -0.39 is 5.91 Å². The molecule has 144 valence electrons. The van der Waals surface area contributed by atoms with Gasteiger partial charge in [0.05, 0.1) is 7.11 Å². The summed E-state index contributed by atoms with van der Waals surface area (Å²) in [5.41, 5.74) is 11.9. The van der Waals surface area contributed by atoms with Crippen LogP contribution in [0.25, 0.3) is 0 Å². The Kier molecular flexibility index (Phi) is 7.26. The second-order valence-corrected chi connectivity index (χ2v) is 6.96. The van der Waals surface area contributed by atoms with Crippen LogP contribution >= 0.6 is 0 Å². The fraction of sp³-hybridized carbons (Fsp3) is 0.579. The maximum absolute atomic E-state index is 12.4. The number of carbonyl (C=O) groups is 2. The lowest BCUT2D eigenvalue weighted by molar-refractivity contribution is -0.124. The van der Waals surface area contributed by atoms with Crippen molar-refractivity contribution < 1.29 is 19.1 Å². The molecule has 2 rings (SSSR count). The summed E-state index contributed by atoms with van der Waals surface area (Å²) in [7, 11) is 1.52. The van der Waals surface area contributed by atoms with E-state index in [1.165, 1.54) is 13.5 Å². The van der Waals surface area contributed by atoms with Crippen molar-refractivity contribution in [1.82, 2.24) is 5.32 Å². The van der Waals surface area contributed by atoms with Gasteiger partial charge >= 0.3 is 0 Å².